The Morgan fingerprint density at radius 2 is 0.444 bits per heavy atom. The van der Waals surface area contributed by atoms with E-state index in [-0.39, 0.29) is 0 Å². The summed E-state index contributed by atoms with van der Waals surface area (Å²) in [4.78, 5) is 58.3. The summed E-state index contributed by atoms with van der Waals surface area (Å²) in [6.45, 7) is 32.3. The first-order valence-corrected chi connectivity index (χ1v) is 19.9. The maximum Gasteiger partial charge on any atom is 0.347 e. The summed E-state index contributed by atoms with van der Waals surface area (Å²) in [6, 6.07) is 0. The summed E-state index contributed by atoms with van der Waals surface area (Å²) in [5.74, 6) is -4.42. The van der Waals surface area contributed by atoms with Crippen molar-refractivity contribution < 1.29 is 38.1 Å². The van der Waals surface area contributed by atoms with Gasteiger partial charge in [0.15, 0.2) is 11.1 Å². The Morgan fingerprint density at radius 1 is 0.315 bits per heavy atom. The summed E-state index contributed by atoms with van der Waals surface area (Å²) >= 11 is 0. The van der Waals surface area contributed by atoms with Crippen molar-refractivity contribution in [1.29, 1.82) is 0 Å². The molecule has 0 spiro atoms. The van der Waals surface area contributed by atoms with Gasteiger partial charge in [0.05, 0.1) is 0 Å². The number of ether oxygens (including phenoxy) is 4. The van der Waals surface area contributed by atoms with Crippen LogP contribution in [0, 0.1) is 0 Å². The van der Waals surface area contributed by atoms with Gasteiger partial charge in [-0.25, -0.2) is 19.2 Å². The highest BCUT2D eigenvalue weighted by Crippen LogP contribution is 2.36. The van der Waals surface area contributed by atoms with E-state index in [1.54, 1.807) is 0 Å². The van der Waals surface area contributed by atoms with Gasteiger partial charge < -0.3 is 40.2 Å². The van der Waals surface area contributed by atoms with Gasteiger partial charge in [0.1, 0.15) is 24.4 Å². The van der Waals surface area contributed by atoms with E-state index in [1.807, 2.05) is 111 Å². The van der Waals surface area contributed by atoms with Crippen LogP contribution in [0.3, 0.4) is 0 Å². The Balaban J connectivity index is 1.82. The van der Waals surface area contributed by atoms with E-state index in [1.165, 1.54) is 0 Å². The van der Waals surface area contributed by atoms with Gasteiger partial charge in [0.25, 0.3) is 0 Å². The van der Waals surface area contributed by atoms with Gasteiger partial charge in [0, 0.05) is 95.7 Å². The van der Waals surface area contributed by atoms with Crippen LogP contribution in [0.2, 0.25) is 0 Å². The summed E-state index contributed by atoms with van der Waals surface area (Å²) in [5.41, 5.74) is -4.73. The van der Waals surface area contributed by atoms with E-state index < -0.39 is 104 Å². The van der Waals surface area contributed by atoms with E-state index in [0.29, 0.717) is 51.4 Å². The molecule has 0 aromatic heterocycles. The number of nitrogens with one attached hydrogen (secondary N) is 4. The predicted octanol–water partition coefficient (Wildman–Crippen LogP) is 5.69. The summed E-state index contributed by atoms with van der Waals surface area (Å²) < 4.78 is 24.5. The van der Waals surface area contributed by atoms with Crippen LogP contribution < -0.4 is 21.3 Å². The Morgan fingerprint density at radius 3 is 0.574 bits per heavy atom. The summed E-state index contributed by atoms with van der Waals surface area (Å²) in [6.07, 6.45) is 1.12. The van der Waals surface area contributed by atoms with Crippen LogP contribution in [-0.2, 0) is 38.1 Å². The second kappa shape index (κ2) is 14.8. The largest absolute Gasteiger partial charge is 0.458 e. The molecule has 308 valence electrons. The molecular formula is C42H72N4O8. The molecule has 0 aromatic rings. The molecule has 4 aliphatic rings. The molecule has 4 N–H and O–H groups in total. The third kappa shape index (κ3) is 12.2. The first kappa shape index (κ1) is 44.2. The lowest BCUT2D eigenvalue weighted by molar-refractivity contribution is -0.163. The van der Waals surface area contributed by atoms with Gasteiger partial charge in [0.2, 0.25) is 0 Å². The lowest BCUT2D eigenvalue weighted by Crippen LogP contribution is -2.60. The van der Waals surface area contributed by atoms with Gasteiger partial charge in [-0.1, -0.05) is 0 Å². The SMILES string of the molecule is CC1(C)CC(OC(=O)C(C(=O)OC2CC(C)(C)NC(C)(C)C2)=C(C(=O)OC2CC(C)(C)NC(C)(C)C2)C(=O)OC2CC(C)(C)NC(C)(C)C2)CC(C)(C)N1. The minimum Gasteiger partial charge on any atom is -0.458 e. The third-order valence-corrected chi connectivity index (χ3v) is 10.8. The van der Waals surface area contributed by atoms with Crippen LogP contribution in [0.1, 0.15) is 162 Å². The number of hydrogen-bond donors (Lipinski definition) is 4. The number of rotatable bonds is 8. The average molecular weight is 761 g/mol. The summed E-state index contributed by atoms with van der Waals surface area (Å²) in [7, 11) is 0. The standard InChI is InChI=1S/C42H72N4O8/c1-35(2)17-25(18-36(3,4)43-35)51-31(47)29(32(48)52-26-19-37(5,6)44-38(7,8)20-26)30(33(49)53-27-21-39(9,10)45-40(11,12)22-27)34(50)54-28-23-41(13,14)46-42(15,16)24-28/h25-28,43-46H,17-24H2,1-16H3. The Labute approximate surface area is 324 Å². The van der Waals surface area contributed by atoms with E-state index in [2.05, 4.69) is 21.3 Å². The van der Waals surface area contributed by atoms with E-state index in [0.717, 1.165) is 0 Å². The minimum absolute atomic E-state index is 0.396. The zero-order valence-corrected chi connectivity index (χ0v) is 36.2. The van der Waals surface area contributed by atoms with Crippen LogP contribution in [0.5, 0.6) is 0 Å². The number of hydrogen-bond acceptors (Lipinski definition) is 12. The summed E-state index contributed by atoms with van der Waals surface area (Å²) in [5, 5.41) is 14.3. The molecule has 12 nitrogen and oxygen atoms in total. The third-order valence-electron chi connectivity index (χ3n) is 10.8. The lowest BCUT2D eigenvalue weighted by Gasteiger charge is -2.46. The van der Waals surface area contributed by atoms with Crippen LogP contribution in [0.25, 0.3) is 0 Å². The second-order valence-electron chi connectivity index (χ2n) is 22.1. The highest BCUT2D eigenvalue weighted by molar-refractivity contribution is 6.28. The molecular weight excluding hydrogens is 688 g/mol. The molecule has 0 bridgehead atoms. The predicted molar refractivity (Wildman–Crippen MR) is 209 cm³/mol. The Hall–Kier alpha value is -2.54. The van der Waals surface area contributed by atoms with Crippen LogP contribution >= 0.6 is 0 Å². The zero-order chi connectivity index (χ0) is 41.1. The van der Waals surface area contributed by atoms with Crippen LogP contribution in [0.4, 0.5) is 0 Å². The van der Waals surface area contributed by atoms with Gasteiger partial charge in [-0.2, -0.15) is 0 Å². The van der Waals surface area contributed by atoms with Crippen molar-refractivity contribution in [2.75, 3.05) is 0 Å². The quantitative estimate of drug-likeness (QED) is 0.0791. The van der Waals surface area contributed by atoms with Crippen molar-refractivity contribution in [2.45, 2.75) is 231 Å². The van der Waals surface area contributed by atoms with E-state index in [4.69, 9.17) is 18.9 Å². The van der Waals surface area contributed by atoms with Crippen molar-refractivity contribution in [3.63, 3.8) is 0 Å². The first-order chi connectivity index (χ1) is 24.2. The Bertz CT molecular complexity index is 1220. The first-order valence-electron chi connectivity index (χ1n) is 19.9. The van der Waals surface area contributed by atoms with Crippen molar-refractivity contribution in [3.8, 4) is 0 Å². The van der Waals surface area contributed by atoms with Crippen molar-refractivity contribution in [3.05, 3.63) is 11.1 Å². The van der Waals surface area contributed by atoms with Crippen molar-refractivity contribution >= 4 is 23.9 Å². The monoisotopic (exact) mass is 761 g/mol. The number of carbonyl (C=O) groups excluding carboxylic acids is 4. The number of piperidine rings is 4. The molecule has 4 saturated heterocycles. The van der Waals surface area contributed by atoms with E-state index >= 15 is 0 Å². The van der Waals surface area contributed by atoms with Crippen LogP contribution in [-0.4, -0.2) is 92.6 Å². The van der Waals surface area contributed by atoms with Crippen molar-refractivity contribution in [1.82, 2.24) is 21.3 Å². The highest BCUT2D eigenvalue weighted by Gasteiger charge is 2.47. The average Bonchev–Trinajstić information content (AvgIpc) is 2.83. The minimum atomic E-state index is -1.10. The van der Waals surface area contributed by atoms with Crippen LogP contribution in [0.15, 0.2) is 11.1 Å². The molecule has 54 heavy (non-hydrogen) atoms. The van der Waals surface area contributed by atoms with Gasteiger partial charge in [-0.3, -0.25) is 0 Å². The smallest absolute Gasteiger partial charge is 0.347 e. The second-order valence-corrected chi connectivity index (χ2v) is 22.1. The molecule has 0 radical (unpaired) electrons. The normalized spacial score (nSPS) is 27.2. The van der Waals surface area contributed by atoms with E-state index in [9.17, 15) is 19.2 Å². The van der Waals surface area contributed by atoms with Gasteiger partial charge in [-0.05, 0) is 111 Å². The Kier molecular flexibility index (Phi) is 12.1. The van der Waals surface area contributed by atoms with Crippen molar-refractivity contribution in [2.24, 2.45) is 0 Å². The molecule has 0 amide bonds. The molecule has 4 aliphatic heterocycles. The molecule has 12 heteroatoms. The topological polar surface area (TPSA) is 153 Å². The molecule has 0 aliphatic carbocycles. The zero-order valence-electron chi connectivity index (χ0n) is 36.2. The van der Waals surface area contributed by atoms with Gasteiger partial charge >= 0.3 is 23.9 Å². The lowest BCUT2D eigenvalue weighted by atomic mass is 9.80. The fraction of sp³-hybridized carbons (Fsp3) is 0.857. The fourth-order valence-electron chi connectivity index (χ4n) is 10.7. The number of esters is 4. The molecule has 4 fully saturated rings. The molecule has 0 aromatic carbocycles. The fourth-order valence-corrected chi connectivity index (χ4v) is 10.7. The molecule has 0 unspecified atom stereocenters. The molecule has 4 heterocycles. The van der Waals surface area contributed by atoms with Gasteiger partial charge in [-0.15, -0.1) is 0 Å². The molecule has 4 rings (SSSR count). The highest BCUT2D eigenvalue weighted by atomic mass is 16.6. The maximum absolute atomic E-state index is 14.6. The maximum atomic E-state index is 14.6. The number of carbonyl (C=O) groups is 4. The molecule has 0 saturated carbocycles. The molecule has 0 atom stereocenters.